The van der Waals surface area contributed by atoms with Gasteiger partial charge in [-0.2, -0.15) is 0 Å². The summed E-state index contributed by atoms with van der Waals surface area (Å²) in [6.07, 6.45) is 3.61. The van der Waals surface area contributed by atoms with Gasteiger partial charge in [-0.15, -0.1) is 0 Å². The van der Waals surface area contributed by atoms with Crippen LogP contribution in [0.2, 0.25) is 0 Å². The number of hydrogen-bond donors (Lipinski definition) is 2. The zero-order valence-corrected chi connectivity index (χ0v) is 10.7. The number of rotatable bonds is 4. The normalized spacial score (nSPS) is 11.1. The van der Waals surface area contributed by atoms with E-state index in [0.29, 0.717) is 0 Å². The lowest BCUT2D eigenvalue weighted by molar-refractivity contribution is 0.471. The van der Waals surface area contributed by atoms with Gasteiger partial charge in [-0.1, -0.05) is 0 Å². The van der Waals surface area contributed by atoms with Gasteiger partial charge in [0.1, 0.15) is 16.2 Å². The first kappa shape index (κ1) is 11.4. The summed E-state index contributed by atoms with van der Waals surface area (Å²) < 4.78 is 2.75. The highest BCUT2D eigenvalue weighted by Gasteiger charge is 2.08. The van der Waals surface area contributed by atoms with Crippen LogP contribution in [0.25, 0.3) is 5.52 Å². The lowest BCUT2D eigenvalue weighted by Crippen LogP contribution is -2.09. The van der Waals surface area contributed by atoms with Crippen LogP contribution in [0.1, 0.15) is 12.2 Å². The van der Waals surface area contributed by atoms with E-state index < -0.39 is 0 Å². The Morgan fingerprint density at radius 3 is 3.06 bits per heavy atom. The molecule has 0 aliphatic heterocycles. The summed E-state index contributed by atoms with van der Waals surface area (Å²) in [5.74, 6) is 1.22. The molecule has 0 amide bonds. The fraction of sp³-hybridized carbons (Fsp3) is 0.364. The van der Waals surface area contributed by atoms with Gasteiger partial charge in [0.15, 0.2) is 0 Å². The largest absolute Gasteiger partial charge is 0.506 e. The molecule has 16 heavy (non-hydrogen) atoms. The van der Waals surface area contributed by atoms with Gasteiger partial charge in [-0.05, 0) is 48.1 Å². The number of imidazole rings is 1. The molecular formula is C11H14BrN3O. The predicted octanol–water partition coefficient (Wildman–Crippen LogP) is 1.95. The number of aryl methyl sites for hydroxylation is 1. The maximum atomic E-state index is 9.46. The van der Waals surface area contributed by atoms with Crippen LogP contribution in [0.5, 0.6) is 5.75 Å². The zero-order chi connectivity index (χ0) is 11.5. The van der Waals surface area contributed by atoms with Crippen LogP contribution in [0.4, 0.5) is 0 Å². The van der Waals surface area contributed by atoms with Crippen LogP contribution in [0, 0.1) is 0 Å². The Bertz CT molecular complexity index is 495. The first-order chi connectivity index (χ1) is 7.72. The van der Waals surface area contributed by atoms with E-state index in [2.05, 4.69) is 26.2 Å². The lowest BCUT2D eigenvalue weighted by atomic mass is 10.3. The van der Waals surface area contributed by atoms with Crippen molar-refractivity contribution in [2.45, 2.75) is 12.8 Å². The molecule has 0 spiro atoms. The van der Waals surface area contributed by atoms with E-state index in [1.807, 2.05) is 17.5 Å². The quantitative estimate of drug-likeness (QED) is 0.844. The fourth-order valence-corrected chi connectivity index (χ4v) is 2.22. The molecule has 0 aliphatic rings. The number of aromatic hydroxyl groups is 1. The van der Waals surface area contributed by atoms with E-state index >= 15 is 0 Å². The summed E-state index contributed by atoms with van der Waals surface area (Å²) in [5.41, 5.74) is 0.984. The SMILES string of the molecule is CNCCCc1nc(Br)c2ccc(O)cn12. The molecule has 0 bridgehead atoms. The smallest absolute Gasteiger partial charge is 0.132 e. The Kier molecular flexibility index (Phi) is 3.46. The molecule has 0 unspecified atom stereocenters. The van der Waals surface area contributed by atoms with Crippen LogP contribution < -0.4 is 5.32 Å². The van der Waals surface area contributed by atoms with E-state index in [4.69, 9.17) is 0 Å². The van der Waals surface area contributed by atoms with Crippen molar-refractivity contribution < 1.29 is 5.11 Å². The molecule has 0 radical (unpaired) electrons. The van der Waals surface area contributed by atoms with Crippen LogP contribution in [0.3, 0.4) is 0 Å². The topological polar surface area (TPSA) is 49.6 Å². The number of nitrogens with one attached hydrogen (secondary N) is 1. The molecule has 2 N–H and O–H groups in total. The first-order valence-electron chi connectivity index (χ1n) is 5.22. The fourth-order valence-electron chi connectivity index (χ4n) is 1.70. The third kappa shape index (κ3) is 2.20. The summed E-state index contributed by atoms with van der Waals surface area (Å²) >= 11 is 3.42. The molecule has 4 nitrogen and oxygen atoms in total. The van der Waals surface area contributed by atoms with Gasteiger partial charge in [0.2, 0.25) is 0 Å². The molecular weight excluding hydrogens is 270 g/mol. The molecule has 2 aromatic heterocycles. The van der Waals surface area contributed by atoms with E-state index in [1.54, 1.807) is 12.3 Å². The second-order valence-corrected chi connectivity index (χ2v) is 4.42. The van der Waals surface area contributed by atoms with Gasteiger partial charge in [-0.3, -0.25) is 4.40 Å². The van der Waals surface area contributed by atoms with Gasteiger partial charge in [0, 0.05) is 6.42 Å². The average molecular weight is 284 g/mol. The third-order valence-corrected chi connectivity index (χ3v) is 3.06. The van der Waals surface area contributed by atoms with E-state index in [1.165, 1.54) is 0 Å². The van der Waals surface area contributed by atoms with E-state index in [9.17, 15) is 5.11 Å². The summed E-state index contributed by atoms with van der Waals surface area (Å²) in [6.45, 7) is 0.964. The molecule has 0 aromatic carbocycles. The van der Waals surface area contributed by atoms with Crippen LogP contribution in [-0.2, 0) is 6.42 Å². The molecule has 0 fully saturated rings. The number of fused-ring (bicyclic) bond motifs is 1. The molecule has 0 atom stereocenters. The highest BCUT2D eigenvalue weighted by atomic mass is 79.9. The Morgan fingerprint density at radius 2 is 2.31 bits per heavy atom. The molecule has 86 valence electrons. The molecule has 2 heterocycles. The second kappa shape index (κ2) is 4.84. The number of halogens is 1. The van der Waals surface area contributed by atoms with Gasteiger partial charge >= 0.3 is 0 Å². The van der Waals surface area contributed by atoms with Crippen molar-refractivity contribution in [1.82, 2.24) is 14.7 Å². The van der Waals surface area contributed by atoms with E-state index in [-0.39, 0.29) is 5.75 Å². The standard InChI is InChI=1S/C11H14BrN3O/c1-13-6-2-3-10-14-11(12)9-5-4-8(16)7-15(9)10/h4-5,7,13,16H,2-3,6H2,1H3. The summed E-state index contributed by atoms with van der Waals surface area (Å²) in [4.78, 5) is 4.44. The minimum Gasteiger partial charge on any atom is -0.506 e. The van der Waals surface area contributed by atoms with Crippen molar-refractivity contribution in [3.8, 4) is 5.75 Å². The van der Waals surface area contributed by atoms with E-state index in [0.717, 1.165) is 35.3 Å². The first-order valence-corrected chi connectivity index (χ1v) is 6.01. The van der Waals surface area contributed by atoms with Gasteiger partial charge in [0.05, 0.1) is 11.7 Å². The second-order valence-electron chi connectivity index (χ2n) is 3.67. The zero-order valence-electron chi connectivity index (χ0n) is 9.07. The van der Waals surface area contributed by atoms with Gasteiger partial charge in [0.25, 0.3) is 0 Å². The van der Waals surface area contributed by atoms with Crippen molar-refractivity contribution in [2.24, 2.45) is 0 Å². The Balaban J connectivity index is 2.33. The van der Waals surface area contributed by atoms with Gasteiger partial charge in [-0.25, -0.2) is 4.98 Å². The molecule has 0 saturated carbocycles. The Morgan fingerprint density at radius 1 is 1.50 bits per heavy atom. The number of nitrogens with zero attached hydrogens (tertiary/aromatic N) is 2. The van der Waals surface area contributed by atoms with Gasteiger partial charge < -0.3 is 10.4 Å². The predicted molar refractivity (Wildman–Crippen MR) is 66.8 cm³/mol. The average Bonchev–Trinajstić information content (AvgIpc) is 2.56. The maximum Gasteiger partial charge on any atom is 0.132 e. The summed E-state index contributed by atoms with van der Waals surface area (Å²) in [7, 11) is 1.94. The lowest BCUT2D eigenvalue weighted by Gasteiger charge is -2.01. The molecule has 5 heteroatoms. The molecule has 0 saturated heterocycles. The van der Waals surface area contributed by atoms with Crippen molar-refractivity contribution >= 4 is 21.4 Å². The number of hydrogen-bond acceptors (Lipinski definition) is 3. The Hall–Kier alpha value is -1.07. The van der Waals surface area contributed by atoms with Crippen LogP contribution >= 0.6 is 15.9 Å². The third-order valence-electron chi connectivity index (χ3n) is 2.48. The van der Waals surface area contributed by atoms with Crippen LogP contribution in [0.15, 0.2) is 22.9 Å². The summed E-state index contributed by atoms with van der Waals surface area (Å²) in [5, 5.41) is 12.6. The Labute approximate surface area is 102 Å². The van der Waals surface area contributed by atoms with Crippen molar-refractivity contribution in [2.75, 3.05) is 13.6 Å². The monoisotopic (exact) mass is 283 g/mol. The molecule has 0 aliphatic carbocycles. The highest BCUT2D eigenvalue weighted by molar-refractivity contribution is 9.10. The molecule has 2 aromatic rings. The van der Waals surface area contributed by atoms with Crippen molar-refractivity contribution in [3.05, 3.63) is 28.8 Å². The minimum atomic E-state index is 0.257. The number of pyridine rings is 1. The van der Waals surface area contributed by atoms with Crippen molar-refractivity contribution in [3.63, 3.8) is 0 Å². The maximum absolute atomic E-state index is 9.46. The molecule has 2 rings (SSSR count). The minimum absolute atomic E-state index is 0.257. The highest BCUT2D eigenvalue weighted by Crippen LogP contribution is 2.22. The van der Waals surface area contributed by atoms with Crippen LogP contribution in [-0.4, -0.2) is 28.1 Å². The summed E-state index contributed by atoms with van der Waals surface area (Å²) in [6, 6.07) is 3.52. The van der Waals surface area contributed by atoms with Crippen molar-refractivity contribution in [1.29, 1.82) is 0 Å². The number of aromatic nitrogens is 2.